The van der Waals surface area contributed by atoms with Gasteiger partial charge in [0, 0.05) is 23.6 Å². The Labute approximate surface area is 117 Å². The van der Waals surface area contributed by atoms with E-state index in [1.165, 1.54) is 12.1 Å². The molecule has 5 heteroatoms. The molecule has 0 saturated carbocycles. The van der Waals surface area contributed by atoms with E-state index >= 15 is 0 Å². The van der Waals surface area contributed by atoms with Crippen LogP contribution in [0.5, 0.6) is 0 Å². The maximum Gasteiger partial charge on any atom is 0.270 e. The number of nitrogens with zero attached hydrogens (tertiary/aromatic N) is 2. The van der Waals surface area contributed by atoms with E-state index < -0.39 is 4.92 Å². The van der Waals surface area contributed by atoms with Crippen molar-refractivity contribution in [2.45, 2.75) is 19.3 Å². The zero-order valence-corrected chi connectivity index (χ0v) is 11.5. The Kier molecular flexibility index (Phi) is 3.30. The number of nitro benzene ring substituents is 1. The highest BCUT2D eigenvalue weighted by molar-refractivity contribution is 6.02. The largest absolute Gasteiger partial charge is 0.306 e. The molecule has 1 unspecified atom stereocenters. The highest BCUT2D eigenvalue weighted by Gasteiger charge is 2.37. The molecule has 1 atom stereocenters. The van der Waals surface area contributed by atoms with Crippen LogP contribution in [-0.4, -0.2) is 35.7 Å². The lowest BCUT2D eigenvalue weighted by molar-refractivity contribution is -0.384. The van der Waals surface area contributed by atoms with Crippen LogP contribution in [-0.2, 0) is 6.42 Å². The predicted octanol–water partition coefficient (Wildman–Crippen LogP) is 2.29. The van der Waals surface area contributed by atoms with Gasteiger partial charge in [-0.15, -0.1) is 0 Å². The van der Waals surface area contributed by atoms with Gasteiger partial charge in [-0.05, 0) is 50.9 Å². The summed E-state index contributed by atoms with van der Waals surface area (Å²) in [7, 11) is 2.10. The normalized spacial score (nSPS) is 23.9. The van der Waals surface area contributed by atoms with Gasteiger partial charge in [-0.1, -0.05) is 6.07 Å². The van der Waals surface area contributed by atoms with Gasteiger partial charge in [-0.3, -0.25) is 14.9 Å². The molecule has 3 rings (SSSR count). The molecular formula is C15H18N2O3. The molecule has 0 spiro atoms. The Morgan fingerprint density at radius 2 is 2.00 bits per heavy atom. The van der Waals surface area contributed by atoms with Crippen molar-refractivity contribution in [3.8, 4) is 0 Å². The number of non-ortho nitro benzene ring substituents is 1. The number of rotatable bonds is 2. The number of carbonyl (C=O) groups is 1. The Morgan fingerprint density at radius 1 is 1.30 bits per heavy atom. The van der Waals surface area contributed by atoms with Crippen molar-refractivity contribution in [1.82, 2.24) is 4.90 Å². The van der Waals surface area contributed by atoms with Gasteiger partial charge in [0.2, 0.25) is 0 Å². The summed E-state index contributed by atoms with van der Waals surface area (Å²) in [6.07, 6.45) is 2.84. The number of piperidine rings is 1. The maximum atomic E-state index is 12.5. The number of benzene rings is 1. The third-order valence-corrected chi connectivity index (χ3v) is 4.68. The number of ketones is 1. The minimum absolute atomic E-state index is 0.0149. The average Bonchev–Trinajstić information content (AvgIpc) is 2.76. The van der Waals surface area contributed by atoms with Gasteiger partial charge in [0.1, 0.15) is 0 Å². The fourth-order valence-corrected chi connectivity index (χ4v) is 3.43. The molecule has 1 aromatic rings. The number of nitro groups is 1. The zero-order valence-electron chi connectivity index (χ0n) is 11.5. The first-order chi connectivity index (χ1) is 9.56. The molecule has 5 nitrogen and oxygen atoms in total. The second kappa shape index (κ2) is 4.98. The molecule has 2 aliphatic rings. The Balaban J connectivity index is 1.82. The van der Waals surface area contributed by atoms with Gasteiger partial charge < -0.3 is 4.90 Å². The molecule has 20 heavy (non-hydrogen) atoms. The fraction of sp³-hybridized carbons (Fsp3) is 0.533. The van der Waals surface area contributed by atoms with Crippen molar-refractivity contribution in [1.29, 1.82) is 0 Å². The van der Waals surface area contributed by atoms with E-state index in [2.05, 4.69) is 11.9 Å². The molecule has 1 aromatic carbocycles. The second-order valence-corrected chi connectivity index (χ2v) is 5.91. The predicted molar refractivity (Wildman–Crippen MR) is 74.8 cm³/mol. The summed E-state index contributed by atoms with van der Waals surface area (Å²) < 4.78 is 0. The first-order valence-electron chi connectivity index (χ1n) is 7.06. The summed E-state index contributed by atoms with van der Waals surface area (Å²) in [6.45, 7) is 2.07. The van der Waals surface area contributed by atoms with Crippen LogP contribution in [0.3, 0.4) is 0 Å². The van der Waals surface area contributed by atoms with Crippen LogP contribution in [0.4, 0.5) is 5.69 Å². The van der Waals surface area contributed by atoms with E-state index in [4.69, 9.17) is 0 Å². The summed E-state index contributed by atoms with van der Waals surface area (Å²) in [6, 6.07) is 4.70. The fourth-order valence-electron chi connectivity index (χ4n) is 3.43. The van der Waals surface area contributed by atoms with Crippen LogP contribution >= 0.6 is 0 Å². The summed E-state index contributed by atoms with van der Waals surface area (Å²) in [5.74, 6) is 0.559. The van der Waals surface area contributed by atoms with Crippen LogP contribution in [0.2, 0.25) is 0 Å². The summed E-state index contributed by atoms with van der Waals surface area (Å²) in [5.41, 5.74) is 1.56. The number of Topliss-reactive ketones (excluding diaryl/α,β-unsaturated/α-hetero) is 1. The molecule has 1 heterocycles. The van der Waals surface area contributed by atoms with Crippen LogP contribution in [0.1, 0.15) is 28.8 Å². The van der Waals surface area contributed by atoms with Crippen LogP contribution in [0.15, 0.2) is 18.2 Å². The van der Waals surface area contributed by atoms with Gasteiger partial charge in [0.05, 0.1) is 4.92 Å². The molecule has 1 saturated heterocycles. The molecule has 0 bridgehead atoms. The smallest absolute Gasteiger partial charge is 0.270 e. The number of hydrogen-bond donors (Lipinski definition) is 0. The minimum atomic E-state index is -0.434. The zero-order chi connectivity index (χ0) is 14.3. The van der Waals surface area contributed by atoms with Gasteiger partial charge in [0.15, 0.2) is 5.78 Å². The van der Waals surface area contributed by atoms with Gasteiger partial charge in [-0.25, -0.2) is 0 Å². The van der Waals surface area contributed by atoms with Crippen molar-refractivity contribution in [2.75, 3.05) is 20.1 Å². The first kappa shape index (κ1) is 13.2. The van der Waals surface area contributed by atoms with E-state index in [-0.39, 0.29) is 17.4 Å². The molecule has 0 radical (unpaired) electrons. The number of hydrogen-bond acceptors (Lipinski definition) is 4. The molecule has 0 amide bonds. The monoisotopic (exact) mass is 274 g/mol. The van der Waals surface area contributed by atoms with Crippen LogP contribution in [0, 0.1) is 22.0 Å². The van der Waals surface area contributed by atoms with E-state index in [9.17, 15) is 14.9 Å². The van der Waals surface area contributed by atoms with Gasteiger partial charge in [0.25, 0.3) is 5.69 Å². The minimum Gasteiger partial charge on any atom is -0.306 e. The molecular weight excluding hydrogens is 256 g/mol. The highest BCUT2D eigenvalue weighted by atomic mass is 16.6. The van der Waals surface area contributed by atoms with Crippen molar-refractivity contribution >= 4 is 11.5 Å². The number of likely N-dealkylation sites (tertiary alicyclic amines) is 1. The van der Waals surface area contributed by atoms with Crippen molar-refractivity contribution in [3.05, 3.63) is 39.4 Å². The van der Waals surface area contributed by atoms with E-state index in [1.54, 1.807) is 6.07 Å². The Hall–Kier alpha value is -1.75. The standard InChI is InChI=1S/C15H18N2O3/c1-16-6-4-10(5-7-16)13-8-11-2-3-12(17(19)20)9-14(11)15(13)18/h2-3,9-10,13H,4-8H2,1H3. The third-order valence-electron chi connectivity index (χ3n) is 4.68. The lowest BCUT2D eigenvalue weighted by atomic mass is 9.82. The lowest BCUT2D eigenvalue weighted by Crippen LogP contribution is -2.35. The molecule has 1 aliphatic heterocycles. The third kappa shape index (κ3) is 2.22. The molecule has 0 N–H and O–H groups in total. The lowest BCUT2D eigenvalue weighted by Gasteiger charge is -2.31. The van der Waals surface area contributed by atoms with Crippen LogP contribution in [0.25, 0.3) is 0 Å². The Bertz CT molecular complexity index is 562. The van der Waals surface area contributed by atoms with Crippen LogP contribution < -0.4 is 0 Å². The van der Waals surface area contributed by atoms with Gasteiger partial charge in [-0.2, -0.15) is 0 Å². The van der Waals surface area contributed by atoms with E-state index in [0.29, 0.717) is 11.5 Å². The summed E-state index contributed by atoms with van der Waals surface area (Å²) >= 11 is 0. The molecule has 106 valence electrons. The van der Waals surface area contributed by atoms with Crippen molar-refractivity contribution < 1.29 is 9.72 Å². The Morgan fingerprint density at radius 3 is 2.65 bits per heavy atom. The first-order valence-corrected chi connectivity index (χ1v) is 7.06. The van der Waals surface area contributed by atoms with Crippen molar-refractivity contribution in [2.24, 2.45) is 11.8 Å². The summed E-state index contributed by atoms with van der Waals surface area (Å²) in [5, 5.41) is 10.8. The molecule has 0 aromatic heterocycles. The quantitative estimate of drug-likeness (QED) is 0.613. The van der Waals surface area contributed by atoms with Gasteiger partial charge >= 0.3 is 0 Å². The number of carbonyl (C=O) groups excluding carboxylic acids is 1. The van der Waals surface area contributed by atoms with E-state index in [0.717, 1.165) is 37.9 Å². The highest BCUT2D eigenvalue weighted by Crippen LogP contribution is 2.37. The SMILES string of the molecule is CN1CCC(C2Cc3ccc([N+](=O)[O-])cc3C2=O)CC1. The maximum absolute atomic E-state index is 12.5. The number of fused-ring (bicyclic) bond motifs is 1. The average molecular weight is 274 g/mol. The molecule has 1 aliphatic carbocycles. The molecule has 1 fully saturated rings. The van der Waals surface area contributed by atoms with Crippen molar-refractivity contribution in [3.63, 3.8) is 0 Å². The van der Waals surface area contributed by atoms with E-state index in [1.807, 2.05) is 0 Å². The summed E-state index contributed by atoms with van der Waals surface area (Å²) in [4.78, 5) is 25.2. The topological polar surface area (TPSA) is 63.4 Å². The second-order valence-electron chi connectivity index (χ2n) is 5.91.